The monoisotopic (exact) mass is 194 g/mol. The lowest BCUT2D eigenvalue weighted by Gasteiger charge is -1.99. The number of hydrogen-bond donors (Lipinski definition) is 0. The Morgan fingerprint density at radius 2 is 1.86 bits per heavy atom. The van der Waals surface area contributed by atoms with Gasteiger partial charge in [-0.2, -0.15) is 0 Å². The Hall–Kier alpha value is -0.790. The molecule has 0 aliphatic heterocycles. The van der Waals surface area contributed by atoms with Crippen molar-refractivity contribution in [2.45, 2.75) is 32.6 Å². The van der Waals surface area contributed by atoms with Crippen molar-refractivity contribution in [1.82, 2.24) is 0 Å². The van der Waals surface area contributed by atoms with E-state index >= 15 is 0 Å². The van der Waals surface area contributed by atoms with Crippen LogP contribution in [0.5, 0.6) is 0 Å². The van der Waals surface area contributed by atoms with Gasteiger partial charge in [0.05, 0.1) is 12.5 Å². The van der Waals surface area contributed by atoms with Gasteiger partial charge in [0.2, 0.25) is 0 Å². The van der Waals surface area contributed by atoms with Crippen LogP contribution in [-0.4, -0.2) is 12.6 Å². The quantitative estimate of drug-likeness (QED) is 0.499. The number of hydrogen-bond acceptors (Lipinski definition) is 2. The molecule has 2 aliphatic rings. The van der Waals surface area contributed by atoms with Crippen LogP contribution >= 0.6 is 0 Å². The summed E-state index contributed by atoms with van der Waals surface area (Å²) in [6.07, 6.45) is 9.11. The lowest BCUT2D eigenvalue weighted by atomic mass is 10.1. The molecule has 1 saturated carbocycles. The van der Waals surface area contributed by atoms with E-state index in [1.165, 1.54) is 12.8 Å². The molecule has 0 aromatic heterocycles. The summed E-state index contributed by atoms with van der Waals surface area (Å²) in [6, 6.07) is 0. The van der Waals surface area contributed by atoms with E-state index in [1.807, 2.05) is 6.92 Å². The molecule has 0 amide bonds. The second-order valence-corrected chi connectivity index (χ2v) is 4.23. The lowest BCUT2D eigenvalue weighted by Crippen LogP contribution is -2.08. The highest BCUT2D eigenvalue weighted by Crippen LogP contribution is 2.53. The fourth-order valence-corrected chi connectivity index (χ4v) is 2.63. The average Bonchev–Trinajstić information content (AvgIpc) is 2.77. The van der Waals surface area contributed by atoms with E-state index in [4.69, 9.17) is 4.74 Å². The van der Waals surface area contributed by atoms with Crippen LogP contribution in [0.25, 0.3) is 0 Å². The predicted octanol–water partition coefficient (Wildman–Crippen LogP) is 2.54. The SMILES string of the molecule is CCOC(=O)[C@@H]1[C@@H]2CC/C=C/CC[C@@H]21. The molecule has 0 spiro atoms. The molecule has 2 heteroatoms. The summed E-state index contributed by atoms with van der Waals surface area (Å²) >= 11 is 0. The first-order valence-corrected chi connectivity index (χ1v) is 5.66. The summed E-state index contributed by atoms with van der Waals surface area (Å²) in [5.74, 6) is 1.53. The molecule has 0 saturated heterocycles. The van der Waals surface area contributed by atoms with Crippen LogP contribution in [0, 0.1) is 17.8 Å². The van der Waals surface area contributed by atoms with Crippen molar-refractivity contribution in [2.24, 2.45) is 17.8 Å². The van der Waals surface area contributed by atoms with Crippen molar-refractivity contribution < 1.29 is 9.53 Å². The first-order chi connectivity index (χ1) is 6.84. The third-order valence-corrected chi connectivity index (χ3v) is 3.39. The van der Waals surface area contributed by atoms with Crippen LogP contribution in [-0.2, 0) is 9.53 Å². The molecule has 0 unspecified atom stereocenters. The maximum absolute atomic E-state index is 11.6. The lowest BCUT2D eigenvalue weighted by molar-refractivity contribution is -0.145. The van der Waals surface area contributed by atoms with Gasteiger partial charge in [0.25, 0.3) is 0 Å². The van der Waals surface area contributed by atoms with E-state index in [-0.39, 0.29) is 11.9 Å². The van der Waals surface area contributed by atoms with Gasteiger partial charge in [0.1, 0.15) is 0 Å². The van der Waals surface area contributed by atoms with E-state index in [9.17, 15) is 4.79 Å². The normalized spacial score (nSPS) is 37.6. The van der Waals surface area contributed by atoms with Crippen LogP contribution in [0.15, 0.2) is 12.2 Å². The number of rotatable bonds is 2. The van der Waals surface area contributed by atoms with E-state index in [0.29, 0.717) is 18.4 Å². The second-order valence-electron chi connectivity index (χ2n) is 4.23. The Morgan fingerprint density at radius 3 is 2.36 bits per heavy atom. The Bertz CT molecular complexity index is 229. The molecule has 2 rings (SSSR count). The molecule has 0 bridgehead atoms. The van der Waals surface area contributed by atoms with Gasteiger partial charge in [-0.1, -0.05) is 12.2 Å². The first-order valence-electron chi connectivity index (χ1n) is 5.66. The summed E-state index contributed by atoms with van der Waals surface area (Å²) in [5, 5.41) is 0. The highest BCUT2D eigenvalue weighted by atomic mass is 16.5. The largest absolute Gasteiger partial charge is 0.466 e. The van der Waals surface area contributed by atoms with Gasteiger partial charge < -0.3 is 4.74 Å². The Balaban J connectivity index is 1.90. The zero-order valence-corrected chi connectivity index (χ0v) is 8.74. The third kappa shape index (κ3) is 1.84. The van der Waals surface area contributed by atoms with Gasteiger partial charge in [-0.15, -0.1) is 0 Å². The maximum atomic E-state index is 11.6. The van der Waals surface area contributed by atoms with E-state index < -0.39 is 0 Å². The Morgan fingerprint density at radius 1 is 1.29 bits per heavy atom. The molecule has 2 nitrogen and oxygen atoms in total. The average molecular weight is 194 g/mol. The standard InChI is InChI=1S/C12H18O2/c1-2-14-12(13)11-9-7-5-3-4-6-8-10(9)11/h3-4,9-11H,2,5-8H2,1H3/b4-3+/t9-,10+,11-. The summed E-state index contributed by atoms with van der Waals surface area (Å²) in [4.78, 5) is 11.6. The topological polar surface area (TPSA) is 26.3 Å². The minimum atomic E-state index is 0.0457. The molecule has 0 aromatic carbocycles. The van der Waals surface area contributed by atoms with Gasteiger partial charge in [-0.3, -0.25) is 4.79 Å². The van der Waals surface area contributed by atoms with Gasteiger partial charge in [0.15, 0.2) is 0 Å². The molecule has 0 N–H and O–H groups in total. The van der Waals surface area contributed by atoms with Crippen molar-refractivity contribution in [1.29, 1.82) is 0 Å². The third-order valence-electron chi connectivity index (χ3n) is 3.39. The van der Waals surface area contributed by atoms with Crippen LogP contribution in [0.2, 0.25) is 0 Å². The van der Waals surface area contributed by atoms with Gasteiger partial charge >= 0.3 is 5.97 Å². The van der Waals surface area contributed by atoms with Crippen LogP contribution < -0.4 is 0 Å². The molecule has 78 valence electrons. The molecule has 1 fully saturated rings. The summed E-state index contributed by atoms with van der Waals surface area (Å²) in [6.45, 7) is 2.40. The number of allylic oxidation sites excluding steroid dienone is 2. The first kappa shape index (κ1) is 9.75. The fraction of sp³-hybridized carbons (Fsp3) is 0.750. The molecule has 0 aromatic rings. The highest BCUT2D eigenvalue weighted by molar-refractivity contribution is 5.76. The molecule has 2 aliphatic carbocycles. The number of fused-ring (bicyclic) bond motifs is 1. The second kappa shape index (κ2) is 4.16. The number of carbonyl (C=O) groups is 1. The molecule has 0 heterocycles. The fourth-order valence-electron chi connectivity index (χ4n) is 2.63. The molecule has 3 atom stereocenters. The van der Waals surface area contributed by atoms with Crippen molar-refractivity contribution >= 4 is 5.97 Å². The van der Waals surface area contributed by atoms with Crippen molar-refractivity contribution in [2.75, 3.05) is 6.61 Å². The summed E-state index contributed by atoms with van der Waals surface area (Å²) < 4.78 is 5.08. The van der Waals surface area contributed by atoms with E-state index in [0.717, 1.165) is 12.8 Å². The van der Waals surface area contributed by atoms with Gasteiger partial charge in [-0.25, -0.2) is 0 Å². The Labute approximate surface area is 85.3 Å². The minimum Gasteiger partial charge on any atom is -0.466 e. The molecular weight excluding hydrogens is 176 g/mol. The van der Waals surface area contributed by atoms with Gasteiger partial charge in [-0.05, 0) is 44.4 Å². The van der Waals surface area contributed by atoms with Crippen molar-refractivity contribution in [3.05, 3.63) is 12.2 Å². The smallest absolute Gasteiger partial charge is 0.309 e. The highest BCUT2D eigenvalue weighted by Gasteiger charge is 2.54. The van der Waals surface area contributed by atoms with Crippen LogP contribution in [0.3, 0.4) is 0 Å². The van der Waals surface area contributed by atoms with Gasteiger partial charge in [0, 0.05) is 0 Å². The van der Waals surface area contributed by atoms with E-state index in [1.54, 1.807) is 0 Å². The number of esters is 1. The number of ether oxygens (including phenoxy) is 1. The molecule has 0 radical (unpaired) electrons. The Kier molecular flexibility index (Phi) is 2.90. The summed E-state index contributed by atoms with van der Waals surface area (Å²) in [7, 11) is 0. The maximum Gasteiger partial charge on any atom is 0.309 e. The van der Waals surface area contributed by atoms with E-state index in [2.05, 4.69) is 12.2 Å². The molecular formula is C12H18O2. The van der Waals surface area contributed by atoms with Crippen molar-refractivity contribution in [3.8, 4) is 0 Å². The molecule has 14 heavy (non-hydrogen) atoms. The minimum absolute atomic E-state index is 0.0457. The summed E-state index contributed by atoms with van der Waals surface area (Å²) in [5.41, 5.74) is 0. The predicted molar refractivity (Wildman–Crippen MR) is 54.7 cm³/mol. The van der Waals surface area contributed by atoms with Crippen LogP contribution in [0.4, 0.5) is 0 Å². The van der Waals surface area contributed by atoms with Crippen molar-refractivity contribution in [3.63, 3.8) is 0 Å². The zero-order valence-electron chi connectivity index (χ0n) is 8.74. The van der Waals surface area contributed by atoms with Crippen LogP contribution in [0.1, 0.15) is 32.6 Å². The zero-order chi connectivity index (χ0) is 9.97. The number of carbonyl (C=O) groups excluding carboxylic acids is 1.